The maximum atomic E-state index is 11.5. The van der Waals surface area contributed by atoms with Crippen LogP contribution in [-0.4, -0.2) is 26.2 Å². The van der Waals surface area contributed by atoms with Crippen LogP contribution in [0.15, 0.2) is 41.7 Å². The van der Waals surface area contributed by atoms with Gasteiger partial charge in [0.2, 0.25) is 0 Å². The van der Waals surface area contributed by atoms with E-state index < -0.39 is 11.9 Å². The number of rotatable bonds is 2. The van der Waals surface area contributed by atoms with Crippen LogP contribution in [-0.2, 0) is 19.1 Å². The Balaban J connectivity index is 2.43. The summed E-state index contributed by atoms with van der Waals surface area (Å²) in [6.07, 6.45) is 2.95. The molecule has 2 rings (SSSR count). The summed E-state index contributed by atoms with van der Waals surface area (Å²) in [7, 11) is 2.59. The molecule has 6 nitrogen and oxygen atoms in total. The lowest BCUT2D eigenvalue weighted by Gasteiger charge is -2.09. The van der Waals surface area contributed by atoms with E-state index in [0.717, 1.165) is 5.69 Å². The van der Waals surface area contributed by atoms with Crippen molar-refractivity contribution in [3.05, 3.63) is 46.8 Å². The highest BCUT2D eigenvalue weighted by Crippen LogP contribution is 2.32. The third-order valence-corrected chi connectivity index (χ3v) is 3.17. The number of hydrogen-bond donors (Lipinski definition) is 2. The summed E-state index contributed by atoms with van der Waals surface area (Å²) in [5.74, 6) is -0.984. The van der Waals surface area contributed by atoms with Crippen LogP contribution in [0.25, 0.3) is 0 Å². The van der Waals surface area contributed by atoms with Crippen LogP contribution in [0.5, 0.6) is 0 Å². The largest absolute Gasteiger partial charge is 0.466 e. The second-order valence-corrected chi connectivity index (χ2v) is 4.94. The Hall–Kier alpha value is -2.47. The highest BCUT2D eigenvalue weighted by molar-refractivity contribution is 6.31. The predicted molar refractivity (Wildman–Crippen MR) is 83.5 cm³/mol. The van der Waals surface area contributed by atoms with Gasteiger partial charge in [0.05, 0.1) is 25.6 Å². The van der Waals surface area contributed by atoms with E-state index >= 15 is 0 Å². The minimum absolute atomic E-state index is 0.302. The fraction of sp³-hybridized carbons (Fsp3) is 0.200. The van der Waals surface area contributed by atoms with Crippen LogP contribution in [0.3, 0.4) is 0 Å². The summed E-state index contributed by atoms with van der Waals surface area (Å²) in [5, 5.41) is 6.77. The van der Waals surface area contributed by atoms with Crippen molar-refractivity contribution >= 4 is 34.9 Å². The molecule has 0 aliphatic carbocycles. The molecule has 1 aliphatic heterocycles. The number of ether oxygens (including phenoxy) is 2. The Morgan fingerprint density at radius 1 is 1.05 bits per heavy atom. The molecule has 1 aromatic rings. The van der Waals surface area contributed by atoms with Crippen molar-refractivity contribution in [3.63, 3.8) is 0 Å². The van der Waals surface area contributed by atoms with Crippen LogP contribution in [0, 0.1) is 0 Å². The van der Waals surface area contributed by atoms with Gasteiger partial charge in [-0.3, -0.25) is 0 Å². The van der Waals surface area contributed by atoms with E-state index in [1.807, 2.05) is 0 Å². The lowest BCUT2D eigenvalue weighted by Crippen LogP contribution is -2.06. The van der Waals surface area contributed by atoms with Crippen molar-refractivity contribution in [3.8, 4) is 0 Å². The molecule has 0 saturated carbocycles. The summed E-state index contributed by atoms with van der Waals surface area (Å²) in [6, 6.07) is 5.22. The zero-order valence-corrected chi connectivity index (χ0v) is 12.9. The summed E-state index contributed by atoms with van der Waals surface area (Å²) in [4.78, 5) is 22.9. The first-order valence-corrected chi connectivity index (χ1v) is 6.80. The van der Waals surface area contributed by atoms with Crippen molar-refractivity contribution in [2.75, 3.05) is 24.9 Å². The van der Waals surface area contributed by atoms with Crippen molar-refractivity contribution in [1.82, 2.24) is 0 Å². The van der Waals surface area contributed by atoms with Gasteiger partial charge in [0, 0.05) is 35.0 Å². The molecule has 1 aromatic carbocycles. The van der Waals surface area contributed by atoms with E-state index in [-0.39, 0.29) is 0 Å². The van der Waals surface area contributed by atoms with Crippen molar-refractivity contribution < 1.29 is 19.1 Å². The number of fused-ring (bicyclic) bond motifs is 1. The Bertz CT molecular complexity index is 668. The minimum Gasteiger partial charge on any atom is -0.466 e. The smallest absolute Gasteiger partial charge is 0.332 e. The topological polar surface area (TPSA) is 76.7 Å². The monoisotopic (exact) mass is 322 g/mol. The van der Waals surface area contributed by atoms with Crippen LogP contribution in [0.2, 0.25) is 5.02 Å². The van der Waals surface area contributed by atoms with Gasteiger partial charge in [-0.05, 0) is 18.2 Å². The number of benzene rings is 1. The van der Waals surface area contributed by atoms with Gasteiger partial charge in [0.1, 0.15) is 0 Å². The number of carbonyl (C=O) groups excluding carboxylic acids is 2. The normalized spacial score (nSPS) is 17.0. The van der Waals surface area contributed by atoms with Gasteiger partial charge in [0.15, 0.2) is 0 Å². The molecule has 7 heteroatoms. The van der Waals surface area contributed by atoms with E-state index in [1.165, 1.54) is 26.4 Å². The molecule has 1 aliphatic rings. The molecule has 116 valence electrons. The zero-order valence-electron chi connectivity index (χ0n) is 12.1. The maximum Gasteiger partial charge on any atom is 0.332 e. The highest BCUT2D eigenvalue weighted by atomic mass is 35.5. The van der Waals surface area contributed by atoms with E-state index in [2.05, 4.69) is 20.1 Å². The number of carbonyl (C=O) groups is 2. The van der Waals surface area contributed by atoms with Crippen molar-refractivity contribution in [2.24, 2.45) is 0 Å². The molecule has 2 N–H and O–H groups in total. The minimum atomic E-state index is -0.495. The molecule has 0 saturated heterocycles. The first-order chi connectivity index (χ1) is 10.5. The summed E-state index contributed by atoms with van der Waals surface area (Å²) in [6.45, 7) is 0. The highest BCUT2D eigenvalue weighted by Gasteiger charge is 2.16. The van der Waals surface area contributed by atoms with Gasteiger partial charge in [0.25, 0.3) is 0 Å². The van der Waals surface area contributed by atoms with Crippen LogP contribution in [0.4, 0.5) is 11.4 Å². The second kappa shape index (κ2) is 7.00. The fourth-order valence-corrected chi connectivity index (χ4v) is 2.12. The molecule has 0 amide bonds. The Kier molecular flexibility index (Phi) is 5.06. The Labute approximate surface area is 132 Å². The molecule has 22 heavy (non-hydrogen) atoms. The number of anilines is 2. The molecule has 0 spiro atoms. The van der Waals surface area contributed by atoms with Gasteiger partial charge >= 0.3 is 11.9 Å². The quantitative estimate of drug-likeness (QED) is 0.644. The molecule has 1 heterocycles. The maximum absolute atomic E-state index is 11.5. The molecule has 0 aromatic heterocycles. The summed E-state index contributed by atoms with van der Waals surface area (Å²) < 4.78 is 9.26. The molecule has 0 atom stereocenters. The number of esters is 2. The second-order valence-electron chi connectivity index (χ2n) is 4.50. The summed E-state index contributed by atoms with van der Waals surface area (Å²) in [5.41, 5.74) is 2.56. The number of hydrogen-bond acceptors (Lipinski definition) is 6. The van der Waals surface area contributed by atoms with E-state index in [9.17, 15) is 9.59 Å². The lowest BCUT2D eigenvalue weighted by atomic mass is 10.2. The molecular weight excluding hydrogens is 308 g/mol. The van der Waals surface area contributed by atoms with Crippen LogP contribution < -0.4 is 10.6 Å². The number of halogens is 1. The van der Waals surface area contributed by atoms with Gasteiger partial charge in [-0.2, -0.15) is 0 Å². The van der Waals surface area contributed by atoms with E-state index in [1.54, 1.807) is 18.2 Å². The van der Waals surface area contributed by atoms with Gasteiger partial charge in [-0.15, -0.1) is 0 Å². The van der Waals surface area contributed by atoms with E-state index in [0.29, 0.717) is 28.5 Å². The third-order valence-electron chi connectivity index (χ3n) is 2.94. The molecular formula is C15H15ClN2O4. The van der Waals surface area contributed by atoms with Crippen molar-refractivity contribution in [2.45, 2.75) is 6.42 Å². The zero-order chi connectivity index (χ0) is 16.1. The Morgan fingerprint density at radius 3 is 2.14 bits per heavy atom. The van der Waals surface area contributed by atoms with Gasteiger partial charge in [-0.25, -0.2) is 9.59 Å². The standard InChI is InChI=1S/C15H15ClN2O4/c1-21-14(19)7-10-6-11(8-15(20)22-2)18-13-5-9(16)3-4-12(13)17-10/h3-5,7-8,17-18H,6H2,1-2H3/b10-7-,11-8-. The molecule has 0 unspecified atom stereocenters. The van der Waals surface area contributed by atoms with E-state index in [4.69, 9.17) is 11.6 Å². The average Bonchev–Trinajstić information content (AvgIpc) is 2.64. The van der Waals surface area contributed by atoms with Crippen LogP contribution >= 0.6 is 11.6 Å². The number of methoxy groups -OCH3 is 2. The molecule has 0 bridgehead atoms. The third kappa shape index (κ3) is 4.02. The lowest BCUT2D eigenvalue weighted by molar-refractivity contribution is -0.135. The van der Waals surface area contributed by atoms with Gasteiger partial charge in [-0.1, -0.05) is 11.6 Å². The fourth-order valence-electron chi connectivity index (χ4n) is 1.95. The Morgan fingerprint density at radius 2 is 1.59 bits per heavy atom. The summed E-state index contributed by atoms with van der Waals surface area (Å²) >= 11 is 5.99. The first-order valence-electron chi connectivity index (χ1n) is 6.42. The SMILES string of the molecule is COC(=O)/C=C1/C/C(=C/C(=O)OC)Nc2cc(Cl)ccc2N1. The van der Waals surface area contributed by atoms with Gasteiger partial charge < -0.3 is 20.1 Å². The molecule has 0 fully saturated rings. The van der Waals surface area contributed by atoms with Crippen molar-refractivity contribution in [1.29, 1.82) is 0 Å². The first kappa shape index (κ1) is 15.9. The predicted octanol–water partition coefficient (Wildman–Crippen LogP) is 2.68. The van der Waals surface area contributed by atoms with Crippen LogP contribution in [0.1, 0.15) is 6.42 Å². The number of nitrogens with one attached hydrogen (secondary N) is 2. The molecule has 0 radical (unpaired) electrons. The average molecular weight is 323 g/mol.